The molecule has 0 bridgehead atoms. The largest absolute Gasteiger partial charge is 0.493 e. The van der Waals surface area contributed by atoms with E-state index in [4.69, 9.17) is 14.2 Å². The number of benzene rings is 2. The Kier molecular flexibility index (Phi) is 6.15. The van der Waals surface area contributed by atoms with Crippen molar-refractivity contribution < 1.29 is 19.0 Å². The lowest BCUT2D eigenvalue weighted by Gasteiger charge is -2.25. The highest BCUT2D eigenvalue weighted by Crippen LogP contribution is 2.28. The number of nitrogens with zero attached hydrogens (tertiary/aromatic N) is 2. The molecule has 8 heteroatoms. The van der Waals surface area contributed by atoms with Crippen LogP contribution in [0.1, 0.15) is 23.1 Å². The zero-order chi connectivity index (χ0) is 20.9. The molecule has 0 saturated carbocycles. The normalized spacial score (nSPS) is 14.6. The first-order valence-corrected chi connectivity index (χ1v) is 10.1. The van der Waals surface area contributed by atoms with E-state index in [2.05, 4.69) is 20.2 Å². The molecule has 1 fully saturated rings. The summed E-state index contributed by atoms with van der Waals surface area (Å²) in [6.07, 6.45) is 0. The van der Waals surface area contributed by atoms with Crippen molar-refractivity contribution in [3.63, 3.8) is 0 Å². The molecule has 1 amide bonds. The summed E-state index contributed by atoms with van der Waals surface area (Å²) in [7, 11) is 1.56. The molecule has 2 N–H and O–H groups in total. The van der Waals surface area contributed by atoms with Crippen LogP contribution in [0.3, 0.4) is 0 Å². The van der Waals surface area contributed by atoms with Crippen molar-refractivity contribution >= 4 is 22.6 Å². The summed E-state index contributed by atoms with van der Waals surface area (Å²) >= 11 is 0. The molecule has 0 radical (unpaired) electrons. The fourth-order valence-electron chi connectivity index (χ4n) is 3.47. The second-order valence-corrected chi connectivity index (χ2v) is 7.06. The number of ether oxygens (including phenoxy) is 3. The minimum atomic E-state index is -0.219. The van der Waals surface area contributed by atoms with E-state index in [-0.39, 0.29) is 5.91 Å². The number of carbonyl (C=O) groups excluding carboxylic acids is 1. The Morgan fingerprint density at radius 1 is 1.20 bits per heavy atom. The summed E-state index contributed by atoms with van der Waals surface area (Å²) in [6.45, 7) is 6.51. The standard InChI is InChI=1S/C22H26N4O4/c1-3-30-19-7-4-15(12-20(19)28-2)22(27)23-16-5-6-17-18(13-16)25-21(24-17)14-26-8-10-29-11-9-26/h4-7,12-13H,3,8-11,14H2,1-2H3,(H,23,27)(H,24,25). The number of imidazole rings is 1. The van der Waals surface area contributed by atoms with E-state index in [9.17, 15) is 4.79 Å². The Hall–Kier alpha value is -3.10. The summed E-state index contributed by atoms with van der Waals surface area (Å²) in [4.78, 5) is 23.0. The number of methoxy groups -OCH3 is 1. The molecule has 3 aromatic rings. The molecule has 2 aromatic carbocycles. The van der Waals surface area contributed by atoms with Gasteiger partial charge in [-0.15, -0.1) is 0 Å². The minimum absolute atomic E-state index is 0.219. The third-order valence-electron chi connectivity index (χ3n) is 4.99. The molecule has 0 spiro atoms. The van der Waals surface area contributed by atoms with Crippen molar-refractivity contribution in [2.75, 3.05) is 45.3 Å². The molecule has 0 atom stereocenters. The monoisotopic (exact) mass is 410 g/mol. The number of nitrogens with one attached hydrogen (secondary N) is 2. The maximum atomic E-state index is 12.7. The lowest BCUT2D eigenvalue weighted by atomic mass is 10.1. The topological polar surface area (TPSA) is 88.7 Å². The number of hydrogen-bond acceptors (Lipinski definition) is 6. The average Bonchev–Trinajstić information content (AvgIpc) is 3.16. The number of anilines is 1. The summed E-state index contributed by atoms with van der Waals surface area (Å²) < 4.78 is 16.2. The number of amides is 1. The lowest BCUT2D eigenvalue weighted by Crippen LogP contribution is -2.35. The number of aromatic amines is 1. The van der Waals surface area contributed by atoms with E-state index in [1.54, 1.807) is 25.3 Å². The van der Waals surface area contributed by atoms with Gasteiger partial charge in [0, 0.05) is 24.3 Å². The molecule has 30 heavy (non-hydrogen) atoms. The van der Waals surface area contributed by atoms with Gasteiger partial charge in [-0.25, -0.2) is 4.98 Å². The van der Waals surface area contributed by atoms with Crippen LogP contribution in [0.4, 0.5) is 5.69 Å². The predicted molar refractivity (Wildman–Crippen MR) is 114 cm³/mol. The highest BCUT2D eigenvalue weighted by molar-refractivity contribution is 6.05. The number of fused-ring (bicyclic) bond motifs is 1. The summed E-state index contributed by atoms with van der Waals surface area (Å²) in [5, 5.41) is 2.93. The van der Waals surface area contributed by atoms with Gasteiger partial charge in [-0.1, -0.05) is 0 Å². The highest BCUT2D eigenvalue weighted by atomic mass is 16.5. The Morgan fingerprint density at radius 3 is 2.80 bits per heavy atom. The molecule has 1 saturated heterocycles. The minimum Gasteiger partial charge on any atom is -0.493 e. The number of rotatable bonds is 7. The number of morpholine rings is 1. The molecule has 0 unspecified atom stereocenters. The van der Waals surface area contributed by atoms with Gasteiger partial charge in [0.2, 0.25) is 0 Å². The molecule has 4 rings (SSSR count). The quantitative estimate of drug-likeness (QED) is 0.622. The fraction of sp³-hybridized carbons (Fsp3) is 0.364. The van der Waals surface area contributed by atoms with Crippen molar-refractivity contribution in [3.8, 4) is 11.5 Å². The molecule has 1 aliphatic heterocycles. The molecule has 2 heterocycles. The van der Waals surface area contributed by atoms with Crippen molar-refractivity contribution in [1.29, 1.82) is 0 Å². The Bertz CT molecular complexity index is 1030. The van der Waals surface area contributed by atoms with E-state index < -0.39 is 0 Å². The van der Waals surface area contributed by atoms with Crippen molar-refractivity contribution in [3.05, 3.63) is 47.8 Å². The van der Waals surface area contributed by atoms with Crippen LogP contribution in [0.25, 0.3) is 11.0 Å². The van der Waals surface area contributed by atoms with Crippen LogP contribution in [-0.2, 0) is 11.3 Å². The van der Waals surface area contributed by atoms with Crippen molar-refractivity contribution in [2.24, 2.45) is 0 Å². The molecular formula is C22H26N4O4. The zero-order valence-electron chi connectivity index (χ0n) is 17.2. The van der Waals surface area contributed by atoms with Gasteiger partial charge in [0.05, 0.1) is 44.5 Å². The Balaban J connectivity index is 1.47. The van der Waals surface area contributed by atoms with E-state index >= 15 is 0 Å². The third kappa shape index (κ3) is 4.55. The number of hydrogen-bond donors (Lipinski definition) is 2. The molecule has 158 valence electrons. The van der Waals surface area contributed by atoms with Gasteiger partial charge in [-0.3, -0.25) is 9.69 Å². The predicted octanol–water partition coefficient (Wildman–Crippen LogP) is 3.05. The first kappa shape index (κ1) is 20.2. The second-order valence-electron chi connectivity index (χ2n) is 7.06. The zero-order valence-corrected chi connectivity index (χ0v) is 17.2. The van der Waals surface area contributed by atoms with Crippen LogP contribution in [0, 0.1) is 0 Å². The molecule has 1 aliphatic rings. The van der Waals surface area contributed by atoms with Crippen LogP contribution in [0.5, 0.6) is 11.5 Å². The van der Waals surface area contributed by atoms with Gasteiger partial charge in [0.1, 0.15) is 5.82 Å². The van der Waals surface area contributed by atoms with Crippen LogP contribution < -0.4 is 14.8 Å². The summed E-state index contributed by atoms with van der Waals surface area (Å²) in [5.74, 6) is 1.83. The first-order chi connectivity index (χ1) is 14.7. The maximum absolute atomic E-state index is 12.7. The number of carbonyl (C=O) groups is 1. The first-order valence-electron chi connectivity index (χ1n) is 10.1. The Labute approximate surface area is 175 Å². The molecule has 1 aromatic heterocycles. The molecule has 8 nitrogen and oxygen atoms in total. The van der Waals surface area contributed by atoms with Gasteiger partial charge < -0.3 is 24.5 Å². The van der Waals surface area contributed by atoms with Gasteiger partial charge in [-0.2, -0.15) is 0 Å². The SMILES string of the molecule is CCOc1ccc(C(=O)Nc2ccc3nc(CN4CCOCC4)[nH]c3c2)cc1OC. The Morgan fingerprint density at radius 2 is 2.03 bits per heavy atom. The maximum Gasteiger partial charge on any atom is 0.255 e. The van der Waals surface area contributed by atoms with Crippen molar-refractivity contribution in [2.45, 2.75) is 13.5 Å². The fourth-order valence-corrected chi connectivity index (χ4v) is 3.47. The van der Waals surface area contributed by atoms with Gasteiger partial charge in [-0.05, 0) is 43.3 Å². The van der Waals surface area contributed by atoms with Crippen LogP contribution >= 0.6 is 0 Å². The summed E-state index contributed by atoms with van der Waals surface area (Å²) in [5.41, 5.74) is 2.95. The van der Waals surface area contributed by atoms with Gasteiger partial charge in [0.25, 0.3) is 5.91 Å². The third-order valence-corrected chi connectivity index (χ3v) is 4.99. The van der Waals surface area contributed by atoms with E-state index in [1.807, 2.05) is 25.1 Å². The number of aromatic nitrogens is 2. The van der Waals surface area contributed by atoms with Crippen LogP contribution in [0.2, 0.25) is 0 Å². The summed E-state index contributed by atoms with van der Waals surface area (Å²) in [6, 6.07) is 10.8. The highest BCUT2D eigenvalue weighted by Gasteiger charge is 2.14. The van der Waals surface area contributed by atoms with Gasteiger partial charge in [0.15, 0.2) is 11.5 Å². The van der Waals surface area contributed by atoms with E-state index in [0.717, 1.165) is 49.7 Å². The smallest absolute Gasteiger partial charge is 0.255 e. The molecule has 0 aliphatic carbocycles. The van der Waals surface area contributed by atoms with E-state index in [0.29, 0.717) is 29.4 Å². The van der Waals surface area contributed by atoms with E-state index in [1.165, 1.54) is 0 Å². The second kappa shape index (κ2) is 9.15. The average molecular weight is 410 g/mol. The van der Waals surface area contributed by atoms with Crippen LogP contribution in [0.15, 0.2) is 36.4 Å². The molecular weight excluding hydrogens is 384 g/mol. The lowest BCUT2D eigenvalue weighted by molar-refractivity contribution is 0.0332. The van der Waals surface area contributed by atoms with Gasteiger partial charge >= 0.3 is 0 Å². The van der Waals surface area contributed by atoms with Crippen LogP contribution in [-0.4, -0.2) is 60.8 Å². The van der Waals surface area contributed by atoms with Crippen molar-refractivity contribution in [1.82, 2.24) is 14.9 Å². The number of H-pyrrole nitrogens is 1.